The van der Waals surface area contributed by atoms with Gasteiger partial charge in [0.15, 0.2) is 0 Å². The highest BCUT2D eigenvalue weighted by atomic mass is 16.4. The maximum absolute atomic E-state index is 12.6. The molecule has 0 saturated heterocycles. The van der Waals surface area contributed by atoms with E-state index in [1.807, 2.05) is 13.8 Å². The SMILES string of the molecule is CC(C)CC(N)C(=O)NC(C)C(=O)NC(CCC(N)=O)C(=O)NC(CCCCN)C(=O)O. The van der Waals surface area contributed by atoms with E-state index < -0.39 is 53.8 Å². The van der Waals surface area contributed by atoms with Crippen LogP contribution in [0.5, 0.6) is 0 Å². The monoisotopic (exact) mass is 458 g/mol. The molecule has 32 heavy (non-hydrogen) atoms. The Bertz CT molecular complexity index is 656. The average Bonchev–Trinajstić information content (AvgIpc) is 2.69. The lowest BCUT2D eigenvalue weighted by molar-refractivity contribution is -0.142. The molecule has 0 spiro atoms. The number of carbonyl (C=O) groups excluding carboxylic acids is 4. The van der Waals surface area contributed by atoms with Crippen LogP contribution in [0.25, 0.3) is 0 Å². The van der Waals surface area contributed by atoms with E-state index in [0.29, 0.717) is 25.8 Å². The maximum Gasteiger partial charge on any atom is 0.326 e. The molecule has 4 atom stereocenters. The second-order valence-corrected chi connectivity index (χ2v) is 8.22. The Morgan fingerprint density at radius 2 is 1.44 bits per heavy atom. The summed E-state index contributed by atoms with van der Waals surface area (Å²) in [4.78, 5) is 59.9. The maximum atomic E-state index is 12.6. The molecule has 10 N–H and O–H groups in total. The van der Waals surface area contributed by atoms with E-state index in [9.17, 15) is 29.1 Å². The Hall–Kier alpha value is -2.73. The molecule has 0 fully saturated rings. The first kappa shape index (κ1) is 29.3. The van der Waals surface area contributed by atoms with Crippen molar-refractivity contribution in [2.24, 2.45) is 23.1 Å². The number of carbonyl (C=O) groups is 5. The van der Waals surface area contributed by atoms with Crippen molar-refractivity contribution in [1.82, 2.24) is 16.0 Å². The van der Waals surface area contributed by atoms with Gasteiger partial charge in [-0.15, -0.1) is 0 Å². The molecule has 12 heteroatoms. The highest BCUT2D eigenvalue weighted by Gasteiger charge is 2.29. The fourth-order valence-electron chi connectivity index (χ4n) is 2.88. The zero-order chi connectivity index (χ0) is 24.8. The molecular formula is C20H38N6O6. The van der Waals surface area contributed by atoms with Gasteiger partial charge in [0, 0.05) is 6.42 Å². The molecular weight excluding hydrogens is 420 g/mol. The van der Waals surface area contributed by atoms with Crippen molar-refractivity contribution in [1.29, 1.82) is 0 Å². The predicted octanol–water partition coefficient (Wildman–Crippen LogP) is -1.69. The van der Waals surface area contributed by atoms with E-state index in [0.717, 1.165) is 0 Å². The van der Waals surface area contributed by atoms with Crippen LogP contribution in [-0.4, -0.2) is 65.4 Å². The van der Waals surface area contributed by atoms with Gasteiger partial charge in [0.2, 0.25) is 23.6 Å². The van der Waals surface area contributed by atoms with Crippen LogP contribution in [-0.2, 0) is 24.0 Å². The van der Waals surface area contributed by atoms with Crippen molar-refractivity contribution in [2.45, 2.75) is 83.5 Å². The molecule has 0 aromatic carbocycles. The van der Waals surface area contributed by atoms with Crippen LogP contribution in [0, 0.1) is 5.92 Å². The summed E-state index contributed by atoms with van der Waals surface area (Å²) < 4.78 is 0. The molecule has 0 aliphatic heterocycles. The molecule has 0 bridgehead atoms. The summed E-state index contributed by atoms with van der Waals surface area (Å²) >= 11 is 0. The number of unbranched alkanes of at least 4 members (excludes halogenated alkanes) is 1. The van der Waals surface area contributed by atoms with Gasteiger partial charge in [-0.25, -0.2) is 4.79 Å². The van der Waals surface area contributed by atoms with E-state index in [1.54, 1.807) is 0 Å². The van der Waals surface area contributed by atoms with Gasteiger partial charge >= 0.3 is 5.97 Å². The Balaban J connectivity index is 5.13. The minimum absolute atomic E-state index is 0.129. The number of primary amides is 1. The molecule has 0 aromatic rings. The number of nitrogens with two attached hydrogens (primary N) is 3. The second kappa shape index (κ2) is 15.1. The van der Waals surface area contributed by atoms with Gasteiger partial charge in [-0.3, -0.25) is 19.2 Å². The molecule has 4 unspecified atom stereocenters. The first-order valence-electron chi connectivity index (χ1n) is 10.8. The number of hydrogen-bond donors (Lipinski definition) is 7. The Kier molecular flexibility index (Phi) is 13.8. The summed E-state index contributed by atoms with van der Waals surface area (Å²) in [7, 11) is 0. The Morgan fingerprint density at radius 3 is 1.94 bits per heavy atom. The zero-order valence-electron chi connectivity index (χ0n) is 19.1. The number of carboxylic acids is 1. The van der Waals surface area contributed by atoms with Crippen molar-refractivity contribution in [3.63, 3.8) is 0 Å². The summed E-state index contributed by atoms with van der Waals surface area (Å²) in [6.07, 6.45) is 1.35. The summed E-state index contributed by atoms with van der Waals surface area (Å²) in [5, 5.41) is 16.6. The van der Waals surface area contributed by atoms with Crippen molar-refractivity contribution in [3.05, 3.63) is 0 Å². The quantitative estimate of drug-likeness (QED) is 0.132. The van der Waals surface area contributed by atoms with Crippen molar-refractivity contribution in [2.75, 3.05) is 6.54 Å². The highest BCUT2D eigenvalue weighted by Crippen LogP contribution is 2.05. The number of hydrogen-bond acceptors (Lipinski definition) is 7. The van der Waals surface area contributed by atoms with Crippen LogP contribution in [0.4, 0.5) is 0 Å². The molecule has 0 rings (SSSR count). The molecule has 0 aromatic heterocycles. The van der Waals surface area contributed by atoms with Crippen LogP contribution < -0.4 is 33.2 Å². The third kappa shape index (κ3) is 12.2. The molecule has 0 aliphatic rings. The lowest BCUT2D eigenvalue weighted by Crippen LogP contribution is -2.56. The van der Waals surface area contributed by atoms with Crippen LogP contribution in [0.15, 0.2) is 0 Å². The van der Waals surface area contributed by atoms with Gasteiger partial charge in [-0.05, 0) is 51.5 Å². The number of amides is 4. The fraction of sp³-hybridized carbons (Fsp3) is 0.750. The normalized spacial score (nSPS) is 14.7. The summed E-state index contributed by atoms with van der Waals surface area (Å²) in [5.74, 6) is -3.69. The lowest BCUT2D eigenvalue weighted by Gasteiger charge is -2.24. The molecule has 0 aliphatic carbocycles. The van der Waals surface area contributed by atoms with Gasteiger partial charge < -0.3 is 38.3 Å². The molecule has 0 radical (unpaired) electrons. The average molecular weight is 459 g/mol. The van der Waals surface area contributed by atoms with Gasteiger partial charge in [0.25, 0.3) is 0 Å². The number of nitrogens with one attached hydrogen (secondary N) is 3. The van der Waals surface area contributed by atoms with Crippen molar-refractivity contribution >= 4 is 29.6 Å². The largest absolute Gasteiger partial charge is 0.480 e. The summed E-state index contributed by atoms with van der Waals surface area (Å²) in [6.45, 7) is 5.63. The van der Waals surface area contributed by atoms with E-state index in [1.165, 1.54) is 6.92 Å². The summed E-state index contributed by atoms with van der Waals surface area (Å²) in [6, 6.07) is -4.18. The fourth-order valence-corrected chi connectivity index (χ4v) is 2.88. The molecule has 0 saturated carbocycles. The van der Waals surface area contributed by atoms with Crippen LogP contribution >= 0.6 is 0 Å². The van der Waals surface area contributed by atoms with Gasteiger partial charge in [-0.1, -0.05) is 13.8 Å². The standard InChI is InChI=1S/C20H38N6O6/c1-11(2)10-13(22)18(29)24-12(3)17(28)25-14(7-8-16(23)27)19(30)26-15(20(31)32)6-4-5-9-21/h11-15H,4-10,21-22H2,1-3H3,(H2,23,27)(H,24,29)(H,25,28)(H,26,30)(H,31,32). The number of aliphatic carboxylic acids is 1. The second-order valence-electron chi connectivity index (χ2n) is 8.22. The smallest absolute Gasteiger partial charge is 0.326 e. The van der Waals surface area contributed by atoms with Crippen LogP contribution in [0.1, 0.15) is 59.3 Å². The number of rotatable bonds is 16. The minimum atomic E-state index is -1.23. The van der Waals surface area contributed by atoms with Gasteiger partial charge in [0.05, 0.1) is 6.04 Å². The van der Waals surface area contributed by atoms with E-state index in [2.05, 4.69) is 16.0 Å². The molecule has 12 nitrogen and oxygen atoms in total. The number of carboxylic acid groups (broad SMARTS) is 1. The van der Waals surface area contributed by atoms with Crippen molar-refractivity contribution < 1.29 is 29.1 Å². The minimum Gasteiger partial charge on any atom is -0.480 e. The van der Waals surface area contributed by atoms with Crippen LogP contribution in [0.2, 0.25) is 0 Å². The Labute approximate surface area is 188 Å². The topological polar surface area (TPSA) is 220 Å². The first-order valence-corrected chi connectivity index (χ1v) is 10.8. The molecule has 184 valence electrons. The molecule has 4 amide bonds. The van der Waals surface area contributed by atoms with Crippen LogP contribution in [0.3, 0.4) is 0 Å². The zero-order valence-corrected chi connectivity index (χ0v) is 19.1. The van der Waals surface area contributed by atoms with Crippen molar-refractivity contribution in [3.8, 4) is 0 Å². The third-order valence-electron chi connectivity index (χ3n) is 4.69. The van der Waals surface area contributed by atoms with Gasteiger partial charge in [0.1, 0.15) is 18.1 Å². The van der Waals surface area contributed by atoms with Gasteiger partial charge in [-0.2, -0.15) is 0 Å². The van der Waals surface area contributed by atoms with E-state index in [4.69, 9.17) is 17.2 Å². The van der Waals surface area contributed by atoms with E-state index in [-0.39, 0.29) is 25.2 Å². The third-order valence-corrected chi connectivity index (χ3v) is 4.69. The summed E-state index contributed by atoms with van der Waals surface area (Å²) in [5.41, 5.74) is 16.4. The highest BCUT2D eigenvalue weighted by molar-refractivity contribution is 5.94. The molecule has 0 heterocycles. The first-order chi connectivity index (χ1) is 14.9. The predicted molar refractivity (Wildman–Crippen MR) is 118 cm³/mol. The lowest BCUT2D eigenvalue weighted by atomic mass is 10.0. The van der Waals surface area contributed by atoms with E-state index >= 15 is 0 Å². The Morgan fingerprint density at radius 1 is 0.844 bits per heavy atom.